The number of furan rings is 1. The summed E-state index contributed by atoms with van der Waals surface area (Å²) in [6, 6.07) is 16.2. The Morgan fingerprint density at radius 2 is 1.64 bits per heavy atom. The fourth-order valence-corrected chi connectivity index (χ4v) is 4.56. The topological polar surface area (TPSA) is 107 Å². The highest BCUT2D eigenvalue weighted by molar-refractivity contribution is 8.03. The average Bonchev–Trinajstić information content (AvgIpc) is 3.39. The van der Waals surface area contributed by atoms with Crippen molar-refractivity contribution in [1.29, 1.82) is 5.26 Å². The Morgan fingerprint density at radius 1 is 1.03 bits per heavy atom. The van der Waals surface area contributed by atoms with E-state index in [0.717, 1.165) is 11.8 Å². The van der Waals surface area contributed by atoms with Gasteiger partial charge in [0.15, 0.2) is 0 Å². The molecule has 0 aliphatic carbocycles. The van der Waals surface area contributed by atoms with Crippen LogP contribution in [0.3, 0.4) is 0 Å². The number of carbonyl (C=O) groups is 2. The molecule has 10 heteroatoms. The van der Waals surface area contributed by atoms with Gasteiger partial charge in [-0.1, -0.05) is 11.8 Å². The zero-order valence-corrected chi connectivity index (χ0v) is 19.8. The summed E-state index contributed by atoms with van der Waals surface area (Å²) in [5, 5.41) is 18.9. The van der Waals surface area contributed by atoms with E-state index >= 15 is 0 Å². The van der Waals surface area contributed by atoms with Gasteiger partial charge in [-0.3, -0.25) is 9.59 Å². The molecule has 0 saturated carbocycles. The van der Waals surface area contributed by atoms with Gasteiger partial charge in [-0.15, -0.1) is 0 Å². The number of benzene rings is 2. The molecule has 36 heavy (non-hydrogen) atoms. The van der Waals surface area contributed by atoms with Crippen LogP contribution in [0.2, 0.25) is 0 Å². The number of hydrogen-bond donors (Lipinski definition) is 3. The minimum absolute atomic E-state index is 0.0415. The maximum Gasteiger partial charge on any atom is 0.254 e. The van der Waals surface area contributed by atoms with Crippen molar-refractivity contribution in [2.45, 2.75) is 12.8 Å². The molecule has 0 unspecified atom stereocenters. The number of amides is 2. The van der Waals surface area contributed by atoms with Crippen LogP contribution in [0.4, 0.5) is 20.2 Å². The quantitative estimate of drug-likeness (QED) is 0.403. The first-order valence-corrected chi connectivity index (χ1v) is 11.7. The van der Waals surface area contributed by atoms with E-state index in [1.54, 1.807) is 19.1 Å². The van der Waals surface area contributed by atoms with Crippen LogP contribution in [-0.4, -0.2) is 17.6 Å². The number of rotatable bonds is 7. The second kappa shape index (κ2) is 10.9. The Hall–Kier alpha value is -4.36. The predicted molar refractivity (Wildman–Crippen MR) is 132 cm³/mol. The molecule has 0 fully saturated rings. The lowest BCUT2D eigenvalue weighted by molar-refractivity contribution is -0.114. The molecule has 0 saturated heterocycles. The number of halogens is 2. The smallest absolute Gasteiger partial charge is 0.254 e. The van der Waals surface area contributed by atoms with E-state index in [1.807, 2.05) is 0 Å². The van der Waals surface area contributed by atoms with Gasteiger partial charge in [0.2, 0.25) is 5.91 Å². The van der Waals surface area contributed by atoms with Crippen LogP contribution < -0.4 is 16.0 Å². The summed E-state index contributed by atoms with van der Waals surface area (Å²) in [4.78, 5) is 25.7. The molecule has 1 atom stereocenters. The minimum Gasteiger partial charge on any atom is -0.468 e. The number of anilines is 2. The molecule has 1 aliphatic heterocycles. The third-order valence-corrected chi connectivity index (χ3v) is 6.31. The number of carbonyl (C=O) groups excluding carboxylic acids is 2. The summed E-state index contributed by atoms with van der Waals surface area (Å²) in [7, 11) is 0. The van der Waals surface area contributed by atoms with Crippen molar-refractivity contribution < 1.29 is 22.8 Å². The number of nitrogens with one attached hydrogen (secondary N) is 3. The van der Waals surface area contributed by atoms with Gasteiger partial charge in [0.05, 0.1) is 40.2 Å². The van der Waals surface area contributed by atoms with Crippen molar-refractivity contribution in [3.63, 3.8) is 0 Å². The molecule has 1 aromatic heterocycles. The highest BCUT2D eigenvalue weighted by Gasteiger charge is 2.36. The van der Waals surface area contributed by atoms with E-state index in [4.69, 9.17) is 4.42 Å². The monoisotopic (exact) mass is 506 g/mol. The Morgan fingerprint density at radius 3 is 2.19 bits per heavy atom. The van der Waals surface area contributed by atoms with E-state index < -0.39 is 23.5 Å². The van der Waals surface area contributed by atoms with Gasteiger partial charge in [-0.2, -0.15) is 5.26 Å². The first-order chi connectivity index (χ1) is 17.4. The van der Waals surface area contributed by atoms with Gasteiger partial charge < -0.3 is 20.4 Å². The van der Waals surface area contributed by atoms with E-state index in [0.29, 0.717) is 27.9 Å². The number of nitrogens with zero attached hydrogens (tertiary/aromatic N) is 1. The zero-order valence-electron chi connectivity index (χ0n) is 19.0. The fraction of sp³-hybridized carbons (Fsp3) is 0.115. The van der Waals surface area contributed by atoms with Crippen molar-refractivity contribution in [2.75, 3.05) is 16.4 Å². The maximum atomic E-state index is 13.3. The molecule has 1 aliphatic rings. The summed E-state index contributed by atoms with van der Waals surface area (Å²) in [5.74, 6) is -2.17. The van der Waals surface area contributed by atoms with E-state index in [1.165, 1.54) is 54.8 Å². The Bertz CT molecular complexity index is 1380. The van der Waals surface area contributed by atoms with Crippen molar-refractivity contribution in [3.8, 4) is 6.07 Å². The predicted octanol–water partition coefficient (Wildman–Crippen LogP) is 5.26. The molecule has 2 amide bonds. The van der Waals surface area contributed by atoms with Gasteiger partial charge in [0.25, 0.3) is 5.91 Å². The van der Waals surface area contributed by atoms with Gasteiger partial charge >= 0.3 is 0 Å². The fourth-order valence-electron chi connectivity index (χ4n) is 3.67. The lowest BCUT2D eigenvalue weighted by atomic mass is 9.85. The van der Waals surface area contributed by atoms with Crippen molar-refractivity contribution in [2.24, 2.45) is 0 Å². The van der Waals surface area contributed by atoms with Crippen LogP contribution in [0.1, 0.15) is 18.6 Å². The van der Waals surface area contributed by atoms with Crippen LogP contribution in [0.5, 0.6) is 0 Å². The SMILES string of the molecule is CC1=C(C(=O)Nc2ccc(F)cc2)[C@H](c2ccco2)C(C#N)=C(SCC(=O)Nc2ccc(F)cc2)N1. The molecule has 0 bridgehead atoms. The van der Waals surface area contributed by atoms with Crippen molar-refractivity contribution in [1.82, 2.24) is 5.32 Å². The standard InChI is InChI=1S/C26H20F2N4O3S/c1-15-23(25(34)32-19-10-6-17(28)7-11-19)24(21-3-2-12-35-21)20(13-29)26(30-15)36-14-22(33)31-18-8-4-16(27)5-9-18/h2-12,24,30H,14H2,1H3,(H,31,33)(H,32,34)/t24-/m0/s1. The normalized spacial score (nSPS) is 15.2. The zero-order chi connectivity index (χ0) is 25.7. The van der Waals surface area contributed by atoms with Gasteiger partial charge in [-0.05, 0) is 67.6 Å². The Balaban J connectivity index is 1.57. The van der Waals surface area contributed by atoms with Gasteiger partial charge in [0.1, 0.15) is 17.4 Å². The molecule has 3 N–H and O–H groups in total. The Kier molecular flexibility index (Phi) is 7.51. The third kappa shape index (κ3) is 5.64. The van der Waals surface area contributed by atoms with Crippen LogP contribution in [0.25, 0.3) is 0 Å². The molecular formula is C26H20F2N4O3S. The largest absolute Gasteiger partial charge is 0.468 e. The lowest BCUT2D eigenvalue weighted by Crippen LogP contribution is -2.31. The molecular weight excluding hydrogens is 486 g/mol. The number of hydrogen-bond acceptors (Lipinski definition) is 6. The van der Waals surface area contributed by atoms with Gasteiger partial charge in [-0.25, -0.2) is 8.78 Å². The molecule has 4 rings (SSSR count). The number of dihydropyridines is 1. The van der Waals surface area contributed by atoms with E-state index in [2.05, 4.69) is 22.0 Å². The number of nitriles is 1. The molecule has 2 aromatic carbocycles. The molecule has 3 aromatic rings. The first-order valence-electron chi connectivity index (χ1n) is 10.8. The minimum atomic E-state index is -0.825. The second-order valence-corrected chi connectivity index (χ2v) is 8.76. The molecule has 2 heterocycles. The van der Waals surface area contributed by atoms with Crippen molar-refractivity contribution >= 4 is 35.0 Å². The summed E-state index contributed by atoms with van der Waals surface area (Å²) >= 11 is 1.10. The first kappa shape index (κ1) is 24.8. The number of thioether (sulfide) groups is 1. The Labute approximate surface area is 209 Å². The van der Waals surface area contributed by atoms with Crippen molar-refractivity contribution in [3.05, 3.63) is 106 Å². The van der Waals surface area contributed by atoms with Gasteiger partial charge in [0, 0.05) is 17.1 Å². The molecule has 0 spiro atoms. The highest BCUT2D eigenvalue weighted by atomic mass is 32.2. The van der Waals surface area contributed by atoms with E-state index in [9.17, 15) is 23.6 Å². The average molecular weight is 507 g/mol. The maximum absolute atomic E-state index is 13.3. The van der Waals surface area contributed by atoms with E-state index in [-0.39, 0.29) is 22.8 Å². The lowest BCUT2D eigenvalue weighted by Gasteiger charge is -2.28. The highest BCUT2D eigenvalue weighted by Crippen LogP contribution is 2.41. The molecule has 7 nitrogen and oxygen atoms in total. The molecule has 0 radical (unpaired) electrons. The molecule has 182 valence electrons. The van der Waals surface area contributed by atoms with Crippen LogP contribution >= 0.6 is 11.8 Å². The second-order valence-electron chi connectivity index (χ2n) is 7.77. The van der Waals surface area contributed by atoms with Crippen LogP contribution in [0.15, 0.2) is 93.2 Å². The summed E-state index contributed by atoms with van der Waals surface area (Å²) < 4.78 is 31.9. The number of allylic oxidation sites excluding steroid dienone is 2. The third-order valence-electron chi connectivity index (χ3n) is 5.30. The summed E-state index contributed by atoms with van der Waals surface area (Å²) in [5.41, 5.74) is 1.76. The summed E-state index contributed by atoms with van der Waals surface area (Å²) in [6.07, 6.45) is 1.44. The summed E-state index contributed by atoms with van der Waals surface area (Å²) in [6.45, 7) is 1.68. The van der Waals surface area contributed by atoms with Crippen LogP contribution in [0, 0.1) is 23.0 Å². The van der Waals surface area contributed by atoms with Crippen LogP contribution in [-0.2, 0) is 9.59 Å².